The number of pyridine rings is 1. The molecule has 28 heavy (non-hydrogen) atoms. The largest absolute Gasteiger partial charge is 0.278 e. The van der Waals surface area contributed by atoms with Crippen molar-refractivity contribution < 1.29 is 0 Å². The van der Waals surface area contributed by atoms with Crippen LogP contribution in [0.3, 0.4) is 0 Å². The molecule has 0 atom stereocenters. The van der Waals surface area contributed by atoms with E-state index < -0.39 is 0 Å². The summed E-state index contributed by atoms with van der Waals surface area (Å²) in [4.78, 5) is 4.46. The summed E-state index contributed by atoms with van der Waals surface area (Å²) in [7, 11) is 0. The Bertz CT molecular complexity index is 1080. The summed E-state index contributed by atoms with van der Waals surface area (Å²) >= 11 is 0. The van der Waals surface area contributed by atoms with Gasteiger partial charge in [0.1, 0.15) is 5.82 Å². The van der Waals surface area contributed by atoms with Gasteiger partial charge in [0.25, 0.3) is 0 Å². The minimum absolute atomic E-state index is 0.481. The SMILES string of the molecule is Cc1ncccc1-c1nnc(CC(C)C)n1-c1ccccc1-c1ccccc1. The predicted molar refractivity (Wildman–Crippen MR) is 113 cm³/mol. The fraction of sp³-hybridized carbons (Fsp3) is 0.208. The Labute approximate surface area is 165 Å². The Kier molecular flexibility index (Phi) is 5.02. The summed E-state index contributed by atoms with van der Waals surface area (Å²) in [5.41, 5.74) is 5.39. The Morgan fingerprint density at radius 2 is 1.54 bits per heavy atom. The van der Waals surface area contributed by atoms with Crippen molar-refractivity contribution in [3.8, 4) is 28.2 Å². The van der Waals surface area contributed by atoms with Crippen molar-refractivity contribution in [2.75, 3.05) is 0 Å². The summed E-state index contributed by atoms with van der Waals surface area (Å²) in [6.07, 6.45) is 2.67. The third kappa shape index (κ3) is 3.46. The smallest absolute Gasteiger partial charge is 0.170 e. The number of benzene rings is 2. The molecule has 2 aromatic heterocycles. The van der Waals surface area contributed by atoms with E-state index in [1.165, 1.54) is 5.56 Å². The Morgan fingerprint density at radius 1 is 0.821 bits per heavy atom. The average Bonchev–Trinajstić information content (AvgIpc) is 3.11. The van der Waals surface area contributed by atoms with E-state index in [4.69, 9.17) is 0 Å². The second kappa shape index (κ2) is 7.77. The van der Waals surface area contributed by atoms with Crippen molar-refractivity contribution in [1.29, 1.82) is 0 Å². The van der Waals surface area contributed by atoms with Crippen LogP contribution in [-0.4, -0.2) is 19.7 Å². The normalized spacial score (nSPS) is 11.1. The van der Waals surface area contributed by atoms with Crippen LogP contribution < -0.4 is 0 Å². The van der Waals surface area contributed by atoms with E-state index >= 15 is 0 Å². The second-order valence-electron chi connectivity index (χ2n) is 7.39. The first-order chi connectivity index (χ1) is 13.6. The highest BCUT2D eigenvalue weighted by molar-refractivity contribution is 5.75. The molecule has 0 aliphatic heterocycles. The van der Waals surface area contributed by atoms with Gasteiger partial charge in [-0.05, 0) is 36.6 Å². The molecule has 2 heterocycles. The molecule has 0 amide bonds. The number of nitrogens with zero attached hydrogens (tertiary/aromatic N) is 4. The number of aromatic nitrogens is 4. The van der Waals surface area contributed by atoms with Gasteiger partial charge in [0.2, 0.25) is 0 Å². The van der Waals surface area contributed by atoms with Crippen LogP contribution >= 0.6 is 0 Å². The van der Waals surface area contributed by atoms with Gasteiger partial charge in [-0.15, -0.1) is 10.2 Å². The van der Waals surface area contributed by atoms with E-state index in [-0.39, 0.29) is 0 Å². The predicted octanol–water partition coefficient (Wildman–Crippen LogP) is 5.50. The zero-order valence-electron chi connectivity index (χ0n) is 16.5. The highest BCUT2D eigenvalue weighted by Crippen LogP contribution is 2.32. The average molecular weight is 368 g/mol. The molecule has 4 aromatic rings. The molecule has 0 unspecified atom stereocenters. The van der Waals surface area contributed by atoms with Gasteiger partial charge in [-0.3, -0.25) is 9.55 Å². The molecular formula is C24H24N4. The Morgan fingerprint density at radius 3 is 2.29 bits per heavy atom. The van der Waals surface area contributed by atoms with Gasteiger partial charge in [-0.25, -0.2) is 0 Å². The molecule has 0 bridgehead atoms. The van der Waals surface area contributed by atoms with Crippen LogP contribution in [0.4, 0.5) is 0 Å². The van der Waals surface area contributed by atoms with Crippen LogP contribution in [0.15, 0.2) is 72.9 Å². The second-order valence-corrected chi connectivity index (χ2v) is 7.39. The molecule has 0 aliphatic carbocycles. The quantitative estimate of drug-likeness (QED) is 0.467. The van der Waals surface area contributed by atoms with Crippen molar-refractivity contribution in [1.82, 2.24) is 19.7 Å². The van der Waals surface area contributed by atoms with Crippen LogP contribution in [0.1, 0.15) is 25.4 Å². The Hall–Kier alpha value is -3.27. The highest BCUT2D eigenvalue weighted by atomic mass is 15.3. The molecule has 2 aromatic carbocycles. The van der Waals surface area contributed by atoms with Gasteiger partial charge >= 0.3 is 0 Å². The molecule has 0 saturated heterocycles. The molecule has 0 radical (unpaired) electrons. The number of hydrogen-bond acceptors (Lipinski definition) is 3. The maximum atomic E-state index is 4.58. The van der Waals surface area contributed by atoms with Crippen LogP contribution in [0.2, 0.25) is 0 Å². The third-order valence-electron chi connectivity index (χ3n) is 4.80. The maximum absolute atomic E-state index is 4.58. The monoisotopic (exact) mass is 368 g/mol. The number of rotatable bonds is 5. The molecule has 0 aliphatic rings. The Balaban J connectivity index is 1.98. The molecule has 140 valence electrons. The van der Waals surface area contributed by atoms with Crippen LogP contribution in [0.25, 0.3) is 28.2 Å². The molecule has 4 nitrogen and oxygen atoms in total. The summed E-state index contributed by atoms with van der Waals surface area (Å²) in [6, 6.07) is 22.9. The lowest BCUT2D eigenvalue weighted by Gasteiger charge is -2.16. The number of aryl methyl sites for hydroxylation is 1. The molecule has 0 saturated carbocycles. The standard InChI is InChI=1S/C24H24N4/c1-17(2)16-23-26-27-24(20-13-9-15-25-18(20)3)28(23)22-14-8-7-12-21(22)19-10-5-4-6-11-19/h4-15,17H,16H2,1-3H3. The van der Waals surface area contributed by atoms with E-state index in [0.29, 0.717) is 5.92 Å². The summed E-state index contributed by atoms with van der Waals surface area (Å²) < 4.78 is 2.20. The minimum atomic E-state index is 0.481. The van der Waals surface area contributed by atoms with Crippen LogP contribution in [-0.2, 0) is 6.42 Å². The minimum Gasteiger partial charge on any atom is -0.278 e. The van der Waals surface area contributed by atoms with Crippen molar-refractivity contribution in [3.63, 3.8) is 0 Å². The molecule has 0 N–H and O–H groups in total. The van der Waals surface area contributed by atoms with Gasteiger partial charge in [0.15, 0.2) is 5.82 Å². The van der Waals surface area contributed by atoms with E-state index in [2.05, 4.69) is 88.2 Å². The van der Waals surface area contributed by atoms with Crippen molar-refractivity contribution in [2.24, 2.45) is 5.92 Å². The molecule has 0 fully saturated rings. The van der Waals surface area contributed by atoms with E-state index in [0.717, 1.165) is 40.6 Å². The van der Waals surface area contributed by atoms with Gasteiger partial charge in [-0.2, -0.15) is 0 Å². The zero-order chi connectivity index (χ0) is 19.5. The summed E-state index contributed by atoms with van der Waals surface area (Å²) in [6.45, 7) is 6.42. The molecule has 4 heteroatoms. The van der Waals surface area contributed by atoms with Gasteiger partial charge in [-0.1, -0.05) is 62.4 Å². The lowest BCUT2D eigenvalue weighted by atomic mass is 10.0. The van der Waals surface area contributed by atoms with E-state index in [1.807, 2.05) is 25.3 Å². The third-order valence-corrected chi connectivity index (χ3v) is 4.80. The molecule has 4 rings (SSSR count). The van der Waals surface area contributed by atoms with Crippen LogP contribution in [0, 0.1) is 12.8 Å². The first-order valence-corrected chi connectivity index (χ1v) is 9.66. The highest BCUT2D eigenvalue weighted by Gasteiger charge is 2.20. The lowest BCUT2D eigenvalue weighted by molar-refractivity contribution is 0.612. The lowest BCUT2D eigenvalue weighted by Crippen LogP contribution is -2.08. The summed E-state index contributed by atoms with van der Waals surface area (Å²) in [5.74, 6) is 2.29. The van der Waals surface area contributed by atoms with Gasteiger partial charge < -0.3 is 0 Å². The van der Waals surface area contributed by atoms with Gasteiger partial charge in [0.05, 0.1) is 5.69 Å². The maximum Gasteiger partial charge on any atom is 0.170 e. The van der Waals surface area contributed by atoms with Crippen molar-refractivity contribution in [2.45, 2.75) is 27.2 Å². The van der Waals surface area contributed by atoms with Crippen molar-refractivity contribution >= 4 is 0 Å². The first kappa shape index (κ1) is 18.1. The van der Waals surface area contributed by atoms with E-state index in [1.54, 1.807) is 0 Å². The fourth-order valence-electron chi connectivity index (χ4n) is 3.49. The fourth-order valence-corrected chi connectivity index (χ4v) is 3.49. The molecule has 0 spiro atoms. The van der Waals surface area contributed by atoms with Crippen molar-refractivity contribution in [3.05, 3.63) is 84.4 Å². The summed E-state index contributed by atoms with van der Waals surface area (Å²) in [5, 5.41) is 9.15. The van der Waals surface area contributed by atoms with E-state index in [9.17, 15) is 0 Å². The van der Waals surface area contributed by atoms with Crippen LogP contribution in [0.5, 0.6) is 0 Å². The molecular weight excluding hydrogens is 344 g/mol. The van der Waals surface area contributed by atoms with Gasteiger partial charge in [0, 0.05) is 29.4 Å². The number of para-hydroxylation sites is 1. The first-order valence-electron chi connectivity index (χ1n) is 9.66. The number of hydrogen-bond donors (Lipinski definition) is 0. The zero-order valence-corrected chi connectivity index (χ0v) is 16.5. The topological polar surface area (TPSA) is 43.6 Å².